The highest BCUT2D eigenvalue weighted by Crippen LogP contribution is 2.08. The molecule has 0 saturated heterocycles. The van der Waals surface area contributed by atoms with E-state index in [1.807, 2.05) is 36.4 Å². The SMILES string of the molecule is C=CCCCC(=O)NCC(N)c1ccccc1.Cl.Cl. The molecule has 19 heavy (non-hydrogen) atoms. The molecule has 0 aromatic heterocycles. The number of hydrogen-bond donors (Lipinski definition) is 2. The predicted molar refractivity (Wildman–Crippen MR) is 84.9 cm³/mol. The number of carbonyl (C=O) groups excluding carboxylic acids is 1. The fraction of sp³-hybridized carbons (Fsp3) is 0.357. The van der Waals surface area contributed by atoms with Crippen molar-refractivity contribution in [3.63, 3.8) is 0 Å². The van der Waals surface area contributed by atoms with Crippen LogP contribution in [0.25, 0.3) is 0 Å². The van der Waals surface area contributed by atoms with Crippen LogP contribution in [0.15, 0.2) is 43.0 Å². The van der Waals surface area contributed by atoms with Crippen LogP contribution < -0.4 is 11.1 Å². The highest BCUT2D eigenvalue weighted by molar-refractivity contribution is 5.85. The molecule has 0 heterocycles. The van der Waals surface area contributed by atoms with Gasteiger partial charge in [0.15, 0.2) is 0 Å². The maximum absolute atomic E-state index is 11.5. The fourth-order valence-electron chi connectivity index (χ4n) is 1.54. The lowest BCUT2D eigenvalue weighted by Gasteiger charge is -2.12. The lowest BCUT2D eigenvalue weighted by atomic mass is 10.1. The maximum atomic E-state index is 11.5. The standard InChI is InChI=1S/C14H20N2O.2ClH/c1-2-3-5-10-14(17)16-11-13(15)12-8-6-4-7-9-12;;/h2,4,6-9,13H,1,3,5,10-11,15H2,(H,16,17);2*1H. The highest BCUT2D eigenvalue weighted by atomic mass is 35.5. The third-order valence-electron chi connectivity index (χ3n) is 2.56. The van der Waals surface area contributed by atoms with Crippen molar-refractivity contribution in [2.75, 3.05) is 6.54 Å². The zero-order chi connectivity index (χ0) is 12.5. The third-order valence-corrected chi connectivity index (χ3v) is 2.56. The van der Waals surface area contributed by atoms with Crippen molar-refractivity contribution in [3.05, 3.63) is 48.6 Å². The number of rotatable bonds is 7. The molecule has 0 aliphatic heterocycles. The number of benzene rings is 1. The number of amides is 1. The smallest absolute Gasteiger partial charge is 0.220 e. The lowest BCUT2D eigenvalue weighted by molar-refractivity contribution is -0.121. The molecule has 1 unspecified atom stereocenters. The molecule has 108 valence electrons. The van der Waals surface area contributed by atoms with Crippen LogP contribution >= 0.6 is 24.8 Å². The lowest BCUT2D eigenvalue weighted by Crippen LogP contribution is -2.31. The molecule has 1 atom stereocenters. The van der Waals surface area contributed by atoms with Gasteiger partial charge in [-0.15, -0.1) is 31.4 Å². The number of nitrogens with two attached hydrogens (primary N) is 1. The Morgan fingerprint density at radius 2 is 1.95 bits per heavy atom. The van der Waals surface area contributed by atoms with E-state index in [1.165, 1.54) is 0 Å². The van der Waals surface area contributed by atoms with Gasteiger partial charge in [0.05, 0.1) is 0 Å². The summed E-state index contributed by atoms with van der Waals surface area (Å²) >= 11 is 0. The monoisotopic (exact) mass is 304 g/mol. The molecule has 0 fully saturated rings. The summed E-state index contributed by atoms with van der Waals surface area (Å²) in [4.78, 5) is 11.5. The first kappa shape index (κ1) is 20.3. The van der Waals surface area contributed by atoms with Crippen molar-refractivity contribution in [3.8, 4) is 0 Å². The molecule has 3 N–H and O–H groups in total. The topological polar surface area (TPSA) is 55.1 Å². The largest absolute Gasteiger partial charge is 0.354 e. The van der Waals surface area contributed by atoms with E-state index in [1.54, 1.807) is 0 Å². The van der Waals surface area contributed by atoms with E-state index in [0.29, 0.717) is 13.0 Å². The number of nitrogens with one attached hydrogen (secondary N) is 1. The zero-order valence-electron chi connectivity index (χ0n) is 10.9. The Kier molecular flexibility index (Phi) is 12.8. The minimum Gasteiger partial charge on any atom is -0.354 e. The van der Waals surface area contributed by atoms with E-state index in [0.717, 1.165) is 18.4 Å². The summed E-state index contributed by atoms with van der Waals surface area (Å²) in [5, 5.41) is 2.84. The molecule has 0 bridgehead atoms. The predicted octanol–water partition coefficient (Wildman–Crippen LogP) is 3.00. The van der Waals surface area contributed by atoms with E-state index in [2.05, 4.69) is 11.9 Å². The van der Waals surface area contributed by atoms with Crippen LogP contribution in [-0.4, -0.2) is 12.5 Å². The summed E-state index contributed by atoms with van der Waals surface area (Å²) in [6.07, 6.45) is 4.07. The van der Waals surface area contributed by atoms with Crippen molar-refractivity contribution in [2.45, 2.75) is 25.3 Å². The molecule has 1 aromatic carbocycles. The average Bonchev–Trinajstić information content (AvgIpc) is 2.37. The number of halogens is 2. The number of allylic oxidation sites excluding steroid dienone is 1. The first-order chi connectivity index (χ1) is 8.24. The Morgan fingerprint density at radius 1 is 1.32 bits per heavy atom. The Labute approximate surface area is 127 Å². The first-order valence-electron chi connectivity index (χ1n) is 5.92. The molecule has 1 rings (SSSR count). The normalized spacial score (nSPS) is 10.6. The Hall–Kier alpha value is -1.03. The molecule has 3 nitrogen and oxygen atoms in total. The van der Waals surface area contributed by atoms with Crippen LogP contribution in [0, 0.1) is 0 Å². The van der Waals surface area contributed by atoms with Crippen molar-refractivity contribution in [1.82, 2.24) is 5.32 Å². The second kappa shape index (κ2) is 12.0. The number of carbonyl (C=O) groups is 1. The van der Waals surface area contributed by atoms with Crippen molar-refractivity contribution in [2.24, 2.45) is 5.73 Å². The maximum Gasteiger partial charge on any atom is 0.220 e. The van der Waals surface area contributed by atoms with Crippen LogP contribution in [0.3, 0.4) is 0 Å². The quantitative estimate of drug-likeness (QED) is 0.601. The first-order valence-corrected chi connectivity index (χ1v) is 5.92. The second-order valence-corrected chi connectivity index (χ2v) is 4.00. The summed E-state index contributed by atoms with van der Waals surface area (Å²) in [6, 6.07) is 9.63. The van der Waals surface area contributed by atoms with Crippen molar-refractivity contribution < 1.29 is 4.79 Å². The van der Waals surface area contributed by atoms with Gasteiger partial charge in [-0.2, -0.15) is 0 Å². The summed E-state index contributed by atoms with van der Waals surface area (Å²) in [7, 11) is 0. The molecule has 5 heteroatoms. The number of hydrogen-bond acceptors (Lipinski definition) is 2. The third kappa shape index (κ3) is 8.65. The van der Waals surface area contributed by atoms with E-state index in [-0.39, 0.29) is 36.8 Å². The molecule has 0 radical (unpaired) electrons. The molecule has 0 aliphatic carbocycles. The van der Waals surface area contributed by atoms with Gasteiger partial charge in [-0.3, -0.25) is 4.79 Å². The fourth-order valence-corrected chi connectivity index (χ4v) is 1.54. The summed E-state index contributed by atoms with van der Waals surface area (Å²) in [5.74, 6) is 0.0539. The minimum atomic E-state index is -0.139. The molecule has 1 amide bonds. The molecular weight excluding hydrogens is 283 g/mol. The Bertz CT molecular complexity index is 358. The van der Waals surface area contributed by atoms with Crippen LogP contribution in [0.5, 0.6) is 0 Å². The van der Waals surface area contributed by atoms with Gasteiger partial charge in [0.2, 0.25) is 5.91 Å². The number of unbranched alkanes of at least 4 members (excludes halogenated alkanes) is 1. The van der Waals surface area contributed by atoms with Crippen LogP contribution in [0.1, 0.15) is 30.9 Å². The molecule has 0 aliphatic rings. The molecule has 1 aromatic rings. The highest BCUT2D eigenvalue weighted by Gasteiger charge is 2.07. The van der Waals surface area contributed by atoms with Gasteiger partial charge in [0.1, 0.15) is 0 Å². The van der Waals surface area contributed by atoms with Crippen LogP contribution in [-0.2, 0) is 4.79 Å². The van der Waals surface area contributed by atoms with Gasteiger partial charge in [-0.1, -0.05) is 36.4 Å². The van der Waals surface area contributed by atoms with E-state index < -0.39 is 0 Å². The van der Waals surface area contributed by atoms with E-state index >= 15 is 0 Å². The van der Waals surface area contributed by atoms with Crippen LogP contribution in [0.2, 0.25) is 0 Å². The van der Waals surface area contributed by atoms with Gasteiger partial charge in [-0.05, 0) is 18.4 Å². The molecule has 0 saturated carbocycles. The Morgan fingerprint density at radius 3 is 2.53 bits per heavy atom. The van der Waals surface area contributed by atoms with Gasteiger partial charge < -0.3 is 11.1 Å². The zero-order valence-corrected chi connectivity index (χ0v) is 12.5. The van der Waals surface area contributed by atoms with Crippen LogP contribution in [0.4, 0.5) is 0 Å². The van der Waals surface area contributed by atoms with Gasteiger partial charge in [0.25, 0.3) is 0 Å². The van der Waals surface area contributed by atoms with Gasteiger partial charge in [-0.25, -0.2) is 0 Å². The minimum absolute atomic E-state index is 0. The summed E-state index contributed by atoms with van der Waals surface area (Å²) in [5.41, 5.74) is 7.01. The Balaban J connectivity index is 0. The van der Waals surface area contributed by atoms with Crippen molar-refractivity contribution >= 4 is 30.7 Å². The summed E-state index contributed by atoms with van der Waals surface area (Å²) < 4.78 is 0. The van der Waals surface area contributed by atoms with E-state index in [4.69, 9.17) is 5.73 Å². The van der Waals surface area contributed by atoms with Gasteiger partial charge in [0, 0.05) is 19.0 Å². The second-order valence-electron chi connectivity index (χ2n) is 4.00. The molecular formula is C14H22Cl2N2O. The average molecular weight is 305 g/mol. The van der Waals surface area contributed by atoms with Crippen molar-refractivity contribution in [1.29, 1.82) is 0 Å². The van der Waals surface area contributed by atoms with E-state index in [9.17, 15) is 4.79 Å². The van der Waals surface area contributed by atoms with Gasteiger partial charge >= 0.3 is 0 Å². The summed E-state index contributed by atoms with van der Waals surface area (Å²) in [6.45, 7) is 4.10. The molecule has 0 spiro atoms.